The maximum atomic E-state index is 5.80. The molecule has 0 radical (unpaired) electrons. The summed E-state index contributed by atoms with van der Waals surface area (Å²) in [5.74, 6) is 1.42. The molecule has 3 heterocycles. The van der Waals surface area contributed by atoms with Crippen molar-refractivity contribution in [2.24, 2.45) is 0 Å². The second-order valence-corrected chi connectivity index (χ2v) is 4.07. The fourth-order valence-corrected chi connectivity index (χ4v) is 1.94. The van der Waals surface area contributed by atoms with Gasteiger partial charge in [0.25, 0.3) is 0 Å². The Morgan fingerprint density at radius 1 is 1.29 bits per heavy atom. The maximum absolute atomic E-state index is 5.80. The molecule has 17 heavy (non-hydrogen) atoms. The molecule has 4 heteroatoms. The highest BCUT2D eigenvalue weighted by atomic mass is 16.5. The number of ether oxygens (including phenoxy) is 1. The zero-order valence-corrected chi connectivity index (χ0v) is 9.43. The first-order valence-electron chi connectivity index (χ1n) is 5.80. The van der Waals surface area contributed by atoms with Gasteiger partial charge in [0.2, 0.25) is 5.88 Å². The number of pyridine rings is 1. The normalized spacial score (nSPS) is 19.4. The quantitative estimate of drug-likeness (QED) is 0.877. The van der Waals surface area contributed by atoms with Gasteiger partial charge in [-0.2, -0.15) is 0 Å². The number of hydrogen-bond acceptors (Lipinski definition) is 4. The molecule has 3 rings (SSSR count). The average molecular weight is 230 g/mol. The molecule has 0 aromatic carbocycles. The molecule has 1 aliphatic rings. The van der Waals surface area contributed by atoms with Crippen LogP contribution in [0, 0.1) is 0 Å². The summed E-state index contributed by atoms with van der Waals surface area (Å²) in [6, 6.07) is 9.47. The summed E-state index contributed by atoms with van der Waals surface area (Å²) in [4.78, 5) is 4.43. The Bertz CT molecular complexity index is 476. The van der Waals surface area contributed by atoms with Crippen LogP contribution in [-0.4, -0.2) is 24.2 Å². The van der Waals surface area contributed by atoms with Crippen molar-refractivity contribution in [3.05, 3.63) is 36.6 Å². The van der Waals surface area contributed by atoms with Crippen LogP contribution in [0.5, 0.6) is 5.88 Å². The van der Waals surface area contributed by atoms with Crippen LogP contribution >= 0.6 is 0 Å². The van der Waals surface area contributed by atoms with Gasteiger partial charge in [-0.1, -0.05) is 6.07 Å². The number of nitrogens with zero attached hydrogens (tertiary/aromatic N) is 1. The van der Waals surface area contributed by atoms with Crippen molar-refractivity contribution in [1.29, 1.82) is 0 Å². The SMILES string of the molecule is c1cc(OC2CCNC2)nc(-c2ccco2)c1. The van der Waals surface area contributed by atoms with E-state index < -0.39 is 0 Å². The Morgan fingerprint density at radius 2 is 2.29 bits per heavy atom. The summed E-state index contributed by atoms with van der Waals surface area (Å²) in [6.07, 6.45) is 2.91. The van der Waals surface area contributed by atoms with E-state index in [1.165, 1.54) is 0 Å². The zero-order valence-electron chi connectivity index (χ0n) is 9.43. The molecule has 1 unspecified atom stereocenters. The molecule has 4 nitrogen and oxygen atoms in total. The van der Waals surface area contributed by atoms with Gasteiger partial charge in [-0.15, -0.1) is 0 Å². The summed E-state index contributed by atoms with van der Waals surface area (Å²) < 4.78 is 11.1. The van der Waals surface area contributed by atoms with E-state index in [0.717, 1.165) is 31.0 Å². The Hall–Kier alpha value is -1.81. The molecule has 88 valence electrons. The molecule has 0 spiro atoms. The monoisotopic (exact) mass is 230 g/mol. The summed E-state index contributed by atoms with van der Waals surface area (Å²) in [7, 11) is 0. The van der Waals surface area contributed by atoms with Crippen LogP contribution in [0.4, 0.5) is 0 Å². The topological polar surface area (TPSA) is 47.3 Å². The van der Waals surface area contributed by atoms with E-state index in [2.05, 4.69) is 10.3 Å². The first kappa shape index (κ1) is 10.4. The molecule has 0 aliphatic carbocycles. The minimum Gasteiger partial charge on any atom is -0.473 e. The average Bonchev–Trinajstić information content (AvgIpc) is 3.01. The largest absolute Gasteiger partial charge is 0.473 e. The molecular formula is C13H14N2O2. The molecule has 0 saturated carbocycles. The van der Waals surface area contributed by atoms with Gasteiger partial charge in [0.1, 0.15) is 11.8 Å². The van der Waals surface area contributed by atoms with E-state index in [1.54, 1.807) is 6.26 Å². The van der Waals surface area contributed by atoms with Crippen molar-refractivity contribution in [3.63, 3.8) is 0 Å². The van der Waals surface area contributed by atoms with Gasteiger partial charge in [-0.05, 0) is 31.2 Å². The maximum Gasteiger partial charge on any atom is 0.214 e. The van der Waals surface area contributed by atoms with E-state index in [1.807, 2.05) is 30.3 Å². The highest BCUT2D eigenvalue weighted by Crippen LogP contribution is 2.21. The number of aromatic nitrogens is 1. The van der Waals surface area contributed by atoms with Crippen LogP contribution < -0.4 is 10.1 Å². The minimum absolute atomic E-state index is 0.231. The fraction of sp³-hybridized carbons (Fsp3) is 0.308. The van der Waals surface area contributed by atoms with Crippen molar-refractivity contribution in [2.45, 2.75) is 12.5 Å². The molecule has 1 atom stereocenters. The fourth-order valence-electron chi connectivity index (χ4n) is 1.94. The molecular weight excluding hydrogens is 216 g/mol. The van der Waals surface area contributed by atoms with Crippen molar-refractivity contribution in [3.8, 4) is 17.3 Å². The highest BCUT2D eigenvalue weighted by Gasteiger charge is 2.16. The van der Waals surface area contributed by atoms with Gasteiger partial charge in [0, 0.05) is 12.6 Å². The van der Waals surface area contributed by atoms with E-state index in [9.17, 15) is 0 Å². The third kappa shape index (κ3) is 2.31. The Kier molecular flexibility index (Phi) is 2.80. The number of rotatable bonds is 3. The third-order valence-corrected chi connectivity index (χ3v) is 2.80. The van der Waals surface area contributed by atoms with Crippen LogP contribution in [0.25, 0.3) is 11.5 Å². The Balaban J connectivity index is 1.79. The summed E-state index contributed by atoms with van der Waals surface area (Å²) >= 11 is 0. The number of hydrogen-bond donors (Lipinski definition) is 1. The predicted octanol–water partition coefficient (Wildman–Crippen LogP) is 2.08. The molecule has 1 fully saturated rings. The zero-order chi connectivity index (χ0) is 11.5. The molecule has 1 N–H and O–H groups in total. The Labute approximate surface area is 99.6 Å². The third-order valence-electron chi connectivity index (χ3n) is 2.80. The molecule has 2 aromatic heterocycles. The van der Waals surface area contributed by atoms with Crippen LogP contribution in [0.1, 0.15) is 6.42 Å². The summed E-state index contributed by atoms with van der Waals surface area (Å²) in [6.45, 7) is 1.91. The standard InChI is InChI=1S/C13H14N2O2/c1-3-11(12-4-2-8-16-12)15-13(5-1)17-10-6-7-14-9-10/h1-5,8,10,14H,6-7,9H2. The summed E-state index contributed by atoms with van der Waals surface area (Å²) in [5.41, 5.74) is 0.804. The van der Waals surface area contributed by atoms with Gasteiger partial charge in [-0.25, -0.2) is 4.98 Å². The lowest BCUT2D eigenvalue weighted by Crippen LogP contribution is -2.20. The van der Waals surface area contributed by atoms with Gasteiger partial charge >= 0.3 is 0 Å². The van der Waals surface area contributed by atoms with E-state index in [4.69, 9.17) is 9.15 Å². The molecule has 2 aromatic rings. The number of furan rings is 1. The van der Waals surface area contributed by atoms with Crippen molar-refractivity contribution in [1.82, 2.24) is 10.3 Å². The van der Waals surface area contributed by atoms with E-state index in [-0.39, 0.29) is 6.10 Å². The van der Waals surface area contributed by atoms with Crippen LogP contribution in [0.3, 0.4) is 0 Å². The molecule has 0 amide bonds. The van der Waals surface area contributed by atoms with Crippen molar-refractivity contribution < 1.29 is 9.15 Å². The lowest BCUT2D eigenvalue weighted by atomic mass is 10.3. The highest BCUT2D eigenvalue weighted by molar-refractivity contribution is 5.52. The molecule has 1 saturated heterocycles. The van der Waals surface area contributed by atoms with Crippen LogP contribution in [0.15, 0.2) is 41.0 Å². The van der Waals surface area contributed by atoms with E-state index in [0.29, 0.717) is 5.88 Å². The smallest absolute Gasteiger partial charge is 0.214 e. The number of nitrogens with one attached hydrogen (secondary N) is 1. The predicted molar refractivity (Wildman–Crippen MR) is 63.8 cm³/mol. The van der Waals surface area contributed by atoms with Crippen molar-refractivity contribution in [2.75, 3.05) is 13.1 Å². The van der Waals surface area contributed by atoms with E-state index >= 15 is 0 Å². The summed E-state index contributed by atoms with van der Waals surface area (Å²) in [5, 5.41) is 3.26. The van der Waals surface area contributed by atoms with Crippen molar-refractivity contribution >= 4 is 0 Å². The van der Waals surface area contributed by atoms with Gasteiger partial charge in [0.05, 0.1) is 6.26 Å². The lowest BCUT2D eigenvalue weighted by Gasteiger charge is -2.11. The van der Waals surface area contributed by atoms with Gasteiger partial charge in [0.15, 0.2) is 5.76 Å². The molecule has 0 bridgehead atoms. The Morgan fingerprint density at radius 3 is 3.06 bits per heavy atom. The first-order valence-corrected chi connectivity index (χ1v) is 5.80. The van der Waals surface area contributed by atoms with Gasteiger partial charge < -0.3 is 14.5 Å². The second-order valence-electron chi connectivity index (χ2n) is 4.07. The first-order chi connectivity index (χ1) is 8.42. The van der Waals surface area contributed by atoms with Crippen LogP contribution in [-0.2, 0) is 0 Å². The second kappa shape index (κ2) is 4.59. The minimum atomic E-state index is 0.231. The van der Waals surface area contributed by atoms with Crippen LogP contribution in [0.2, 0.25) is 0 Å². The van der Waals surface area contributed by atoms with Gasteiger partial charge in [-0.3, -0.25) is 0 Å². The molecule has 1 aliphatic heterocycles. The lowest BCUT2D eigenvalue weighted by molar-refractivity contribution is 0.214.